The van der Waals surface area contributed by atoms with Crippen LogP contribution in [0.4, 0.5) is 0 Å². The number of ether oxygens (including phenoxy) is 7. The van der Waals surface area contributed by atoms with Gasteiger partial charge in [0.2, 0.25) is 0 Å². The Hall–Kier alpha value is -3.82. The number of rotatable bonds is 4. The van der Waals surface area contributed by atoms with Crippen LogP contribution in [0.3, 0.4) is 0 Å². The Morgan fingerprint density at radius 1 is 0.463 bits per heavy atom. The van der Waals surface area contributed by atoms with Crippen molar-refractivity contribution in [2.75, 3.05) is 110 Å². The summed E-state index contributed by atoms with van der Waals surface area (Å²) >= 11 is 1.75. The first-order chi connectivity index (χ1) is 38.3. The van der Waals surface area contributed by atoms with Crippen molar-refractivity contribution in [1.82, 2.24) is 0 Å². The quantitative estimate of drug-likeness (QED) is 0.182. The number of thioether (sulfide) groups is 1. The molecule has 13 heteroatoms. The Kier molecular flexibility index (Phi) is 89.2. The van der Waals surface area contributed by atoms with Gasteiger partial charge in [0.1, 0.15) is 27.1 Å². The molecule has 82 heavy (non-hydrogen) atoms. The van der Waals surface area contributed by atoms with Gasteiger partial charge in [-0.3, -0.25) is 0 Å². The summed E-state index contributed by atoms with van der Waals surface area (Å²) in [5, 5.41) is 11.3. The Morgan fingerprint density at radius 3 is 0.817 bits per heavy atom. The van der Waals surface area contributed by atoms with E-state index in [0.29, 0.717) is 16.6 Å². The maximum Gasteiger partial charge on any atom is 0.144 e. The topological polar surface area (TPSA) is 119 Å². The van der Waals surface area contributed by atoms with Crippen molar-refractivity contribution in [2.45, 2.75) is 114 Å². The summed E-state index contributed by atoms with van der Waals surface area (Å²) in [5.74, 6) is 2.11. The predicted molar refractivity (Wildman–Crippen MR) is 361 cm³/mol. The molecule has 0 spiro atoms. The molecule has 0 atom stereocenters. The third-order valence-corrected chi connectivity index (χ3v) is 8.02. The molecule has 1 aliphatic rings. The number of phenolic OH excluding ortho intramolecular Hbond substituents is 1. The molecule has 0 unspecified atom stereocenters. The minimum absolute atomic E-state index is 0. The number of hydrogen-bond acceptors (Lipinski definition) is 11. The van der Waals surface area contributed by atoms with Gasteiger partial charge in [-0.15, -0.1) is 0 Å². The summed E-state index contributed by atoms with van der Waals surface area (Å²) in [5.41, 5.74) is 3.73. The van der Waals surface area contributed by atoms with E-state index in [1.807, 2.05) is 93.1 Å². The van der Waals surface area contributed by atoms with Gasteiger partial charge in [0.25, 0.3) is 0 Å². The maximum atomic E-state index is 9.63. The van der Waals surface area contributed by atoms with E-state index in [2.05, 4.69) is 152 Å². The average molecular weight is 1260 g/mol. The van der Waals surface area contributed by atoms with Crippen LogP contribution in [0, 0.1) is 10.8 Å². The van der Waals surface area contributed by atoms with Crippen molar-refractivity contribution in [3.63, 3.8) is 0 Å². The molecular weight excluding hydrogens is 1140 g/mol. The molecule has 1 aliphatic carbocycles. The van der Waals surface area contributed by atoms with E-state index in [9.17, 15) is 8.42 Å². The van der Waals surface area contributed by atoms with Crippen LogP contribution in [0.2, 0.25) is 0 Å². The van der Waals surface area contributed by atoms with Crippen LogP contribution in [-0.2, 0) is 72.7 Å². The van der Waals surface area contributed by atoms with Crippen molar-refractivity contribution in [1.29, 1.82) is 0 Å². The first-order valence-electron chi connectivity index (χ1n) is 27.3. The second-order valence-electron chi connectivity index (χ2n) is 19.7. The number of benzene rings is 6. The number of methoxy groups -OCH3 is 7. The summed E-state index contributed by atoms with van der Waals surface area (Å²) in [6, 6.07) is 53.7. The van der Waals surface area contributed by atoms with Gasteiger partial charge < -0.3 is 38.3 Å². The molecule has 1 saturated carbocycles. The summed E-state index contributed by atoms with van der Waals surface area (Å²) < 4.78 is 50.8. The first-order valence-corrected chi connectivity index (χ1v) is 31.2. The zero-order chi connectivity index (χ0) is 64.2. The van der Waals surface area contributed by atoms with E-state index < -0.39 is 9.84 Å². The van der Waals surface area contributed by atoms with E-state index in [1.165, 1.54) is 60.4 Å². The van der Waals surface area contributed by atoms with Crippen molar-refractivity contribution >= 4 is 32.4 Å². The first kappa shape index (κ1) is 97.3. The minimum Gasteiger partial charge on any atom is -0.508 e. The molecule has 0 aromatic heterocycles. The molecule has 0 heterocycles. The Morgan fingerprint density at radius 2 is 0.659 bits per heavy atom. The number of hydrogen-bond donors (Lipinski definition) is 1. The van der Waals surface area contributed by atoms with Gasteiger partial charge in [-0.2, -0.15) is 11.8 Å². The maximum absolute atomic E-state index is 9.63. The number of phenols is 1. The molecule has 7 rings (SSSR count). The molecule has 0 bridgehead atoms. The molecule has 0 saturated heterocycles. The van der Waals surface area contributed by atoms with Crippen LogP contribution in [0.1, 0.15) is 119 Å². The molecule has 1 fully saturated rings. The molecule has 1 N–H and O–H groups in total. The standard InChI is InChI=1S/C15H16O2.C10H8.C8H16.C6H6O.C6H6.C5H12.C3H8.C2H6O2S.5C2H6O.C2H6S.C2H6.Y/c1-16-14-7-3-12(4-8-14)11-13-5-9-15(17-2)10-6-13;1-2-6-10-8-4-3-7-9(10)5-1;1-8(2)6-4-3-5-7-8;7-6-4-2-1-3-5-6;1-2-4-6-5-3-1;1-5(2,3)4;1-3-2;1-5(2,3)4;6*1-3-2;1-2;/h3-10H,11H2,1-2H3;1-8H;3-7H2,1-2H3;1-5,7H;1-6H;1-4H3;3H2,1-2H3;1-2H3;6*1-2H3;1-2H3;. The second-order valence-corrected chi connectivity index (χ2v) is 22.8. The van der Waals surface area contributed by atoms with Gasteiger partial charge in [-0.25, -0.2) is 8.42 Å². The third-order valence-electron chi connectivity index (χ3n) is 8.02. The molecule has 6 aromatic rings. The average Bonchev–Trinajstić information content (AvgIpc) is 3.42. The van der Waals surface area contributed by atoms with Crippen LogP contribution in [0.5, 0.6) is 17.2 Å². The molecule has 0 aliphatic heterocycles. The smallest absolute Gasteiger partial charge is 0.144 e. The van der Waals surface area contributed by atoms with Crippen LogP contribution >= 0.6 is 11.8 Å². The van der Waals surface area contributed by atoms with Gasteiger partial charge in [0.05, 0.1) is 14.2 Å². The summed E-state index contributed by atoms with van der Waals surface area (Å²) in [4.78, 5) is 0. The molecule has 1 radical (unpaired) electrons. The summed E-state index contributed by atoms with van der Waals surface area (Å²) in [7, 11) is 16.9. The van der Waals surface area contributed by atoms with Gasteiger partial charge in [-0.1, -0.05) is 222 Å². The largest absolute Gasteiger partial charge is 0.508 e. The van der Waals surface area contributed by atoms with Crippen molar-refractivity contribution in [3.8, 4) is 17.2 Å². The Balaban J connectivity index is -0.000000105. The Bertz CT molecular complexity index is 1960. The molecule has 0 amide bonds. The van der Waals surface area contributed by atoms with Crippen LogP contribution in [0.25, 0.3) is 10.8 Å². The van der Waals surface area contributed by atoms with Crippen LogP contribution < -0.4 is 9.47 Å². The molecule has 471 valence electrons. The van der Waals surface area contributed by atoms with Crippen molar-refractivity contribution < 1.29 is 79.4 Å². The van der Waals surface area contributed by atoms with E-state index in [4.69, 9.17) is 14.6 Å². The summed E-state index contributed by atoms with van der Waals surface area (Å²) in [6.45, 7) is 21.8. The van der Waals surface area contributed by atoms with Crippen LogP contribution in [0.15, 0.2) is 164 Å². The fourth-order valence-corrected chi connectivity index (χ4v) is 5.18. The Labute approximate surface area is 535 Å². The number of sulfone groups is 1. The third kappa shape index (κ3) is 98.3. The summed E-state index contributed by atoms with van der Waals surface area (Å²) in [6.07, 6.45) is 15.9. The zero-order valence-corrected chi connectivity index (χ0v) is 61.0. The van der Waals surface area contributed by atoms with Crippen molar-refractivity contribution in [2.24, 2.45) is 10.8 Å². The number of para-hydroxylation sites is 1. The minimum atomic E-state index is -2.67. The normalized spacial score (nSPS) is 10.4. The van der Waals surface area contributed by atoms with E-state index in [1.54, 1.807) is 121 Å². The van der Waals surface area contributed by atoms with E-state index in [-0.39, 0.29) is 32.7 Å². The van der Waals surface area contributed by atoms with E-state index >= 15 is 0 Å². The van der Waals surface area contributed by atoms with Gasteiger partial charge in [-0.05, 0) is 101 Å². The number of fused-ring (bicyclic) bond motifs is 1. The van der Waals surface area contributed by atoms with Crippen molar-refractivity contribution in [3.05, 3.63) is 175 Å². The molecular formula is C69H120O10S2Y. The fourth-order valence-electron chi connectivity index (χ4n) is 5.18. The second kappa shape index (κ2) is 75.2. The zero-order valence-electron chi connectivity index (χ0n) is 56.6. The van der Waals surface area contributed by atoms with Gasteiger partial charge >= 0.3 is 0 Å². The number of aromatic hydroxyl groups is 1. The molecule has 10 nitrogen and oxygen atoms in total. The fraction of sp³-hybridized carbons (Fsp3) is 0.507. The molecule has 6 aromatic carbocycles. The SMILES string of the molecule is CC.CC(C)(C)C.CC1(C)CCCCC1.CCC.COC.COC.COC.COC.COC.COc1ccc(Cc2ccc(OC)cc2)cc1.CS(C)(=O)=O.CSC.Oc1ccccc1.[Y].c1ccc2ccccc2c1.c1ccccc1. The van der Waals surface area contributed by atoms with Crippen LogP contribution in [-0.4, -0.2) is 124 Å². The van der Waals surface area contributed by atoms with E-state index in [0.717, 1.165) is 30.4 Å². The predicted octanol–water partition coefficient (Wildman–Crippen LogP) is 18.6. The monoisotopic (exact) mass is 1260 g/mol. The van der Waals surface area contributed by atoms with Gasteiger partial charge in [0.15, 0.2) is 0 Å². The van der Waals surface area contributed by atoms with Gasteiger partial charge in [0, 0.05) is 116 Å².